The third-order valence-corrected chi connectivity index (χ3v) is 3.97. The number of nitrogens with zero attached hydrogens (tertiary/aromatic N) is 1. The van der Waals surface area contributed by atoms with Gasteiger partial charge in [0.25, 0.3) is 5.56 Å². The molecule has 0 aliphatic carbocycles. The summed E-state index contributed by atoms with van der Waals surface area (Å²) in [6.07, 6.45) is -1.83. The number of carbonyl (C=O) groups is 1. The molecule has 1 aromatic heterocycles. The quantitative estimate of drug-likeness (QED) is 0.745. The van der Waals surface area contributed by atoms with Gasteiger partial charge in [-0.25, -0.2) is 9.59 Å². The minimum absolute atomic E-state index is 0.0554. The second-order valence-corrected chi connectivity index (χ2v) is 5.75. The molecule has 1 aliphatic heterocycles. The Labute approximate surface area is 147 Å². The van der Waals surface area contributed by atoms with Crippen molar-refractivity contribution in [1.82, 2.24) is 9.55 Å². The van der Waals surface area contributed by atoms with Crippen LogP contribution in [0.5, 0.6) is 0 Å². The van der Waals surface area contributed by atoms with Crippen molar-refractivity contribution in [3.8, 4) is 0 Å². The number of aromatic nitrogens is 2. The van der Waals surface area contributed by atoms with Gasteiger partial charge in [-0.2, -0.15) is 0 Å². The normalized spacial score (nSPS) is 22.1. The fourth-order valence-corrected chi connectivity index (χ4v) is 2.69. The summed E-state index contributed by atoms with van der Waals surface area (Å²) in [6, 6.07) is 10.3. The van der Waals surface area contributed by atoms with E-state index in [1.807, 2.05) is 18.2 Å². The van der Waals surface area contributed by atoms with Crippen molar-refractivity contribution >= 4 is 6.16 Å². The highest BCUT2D eigenvalue weighted by Crippen LogP contribution is 2.29. The molecule has 0 bridgehead atoms. The maximum atomic E-state index is 11.9. The number of H-pyrrole nitrogens is 1. The second kappa shape index (κ2) is 7.98. The topological polar surface area (TPSA) is 120 Å². The van der Waals surface area contributed by atoms with Gasteiger partial charge in [-0.1, -0.05) is 30.3 Å². The van der Waals surface area contributed by atoms with Gasteiger partial charge in [-0.05, 0) is 5.56 Å². The lowest BCUT2D eigenvalue weighted by atomic mass is 10.2. The Hall–Kier alpha value is -2.91. The molecule has 138 valence electrons. The number of aliphatic hydroxyl groups is 1. The second-order valence-electron chi connectivity index (χ2n) is 5.75. The van der Waals surface area contributed by atoms with Crippen molar-refractivity contribution < 1.29 is 24.1 Å². The average Bonchev–Trinajstić information content (AvgIpc) is 3.03. The van der Waals surface area contributed by atoms with Crippen molar-refractivity contribution in [2.75, 3.05) is 6.61 Å². The molecule has 1 saturated heterocycles. The van der Waals surface area contributed by atoms with E-state index in [9.17, 15) is 19.5 Å². The summed E-state index contributed by atoms with van der Waals surface area (Å²) < 4.78 is 17.0. The van der Waals surface area contributed by atoms with Gasteiger partial charge < -0.3 is 19.3 Å². The highest BCUT2D eigenvalue weighted by Gasteiger charge is 2.39. The molecule has 2 N–H and O–H groups in total. The summed E-state index contributed by atoms with van der Waals surface area (Å²) in [5.41, 5.74) is -0.366. The van der Waals surface area contributed by atoms with E-state index in [1.165, 1.54) is 16.8 Å². The lowest BCUT2D eigenvalue weighted by Crippen LogP contribution is -2.31. The predicted octanol–water partition coefficient (Wildman–Crippen LogP) is 0.538. The lowest BCUT2D eigenvalue weighted by Gasteiger charge is -2.16. The molecule has 0 saturated carbocycles. The molecule has 1 aliphatic rings. The van der Waals surface area contributed by atoms with Crippen LogP contribution in [0.1, 0.15) is 18.2 Å². The van der Waals surface area contributed by atoms with Gasteiger partial charge in [0.2, 0.25) is 0 Å². The average molecular weight is 362 g/mol. The SMILES string of the molecule is O=C(OCc1ccccc1)O[C@H]1C[C@H](n2ccc(=O)[nH]c2=O)O[C@@H]1CO. The van der Waals surface area contributed by atoms with Crippen LogP contribution in [0.15, 0.2) is 52.2 Å². The van der Waals surface area contributed by atoms with Crippen LogP contribution in [0, 0.1) is 0 Å². The minimum atomic E-state index is -0.893. The van der Waals surface area contributed by atoms with Crippen molar-refractivity contribution in [2.45, 2.75) is 31.5 Å². The number of hydrogen-bond acceptors (Lipinski definition) is 7. The maximum Gasteiger partial charge on any atom is 0.508 e. The molecule has 3 atom stereocenters. The molecule has 2 heterocycles. The standard InChI is InChI=1S/C17H18N2O7/c20-9-13-12(26-17(23)24-10-11-4-2-1-3-5-11)8-15(25-13)19-7-6-14(21)18-16(19)22/h1-7,12-13,15,20H,8-10H2,(H,18,21,22)/t12-,13+,15+/m0/s1. The zero-order valence-corrected chi connectivity index (χ0v) is 13.7. The third kappa shape index (κ3) is 4.19. The summed E-state index contributed by atoms with van der Waals surface area (Å²) in [5.74, 6) is 0. The van der Waals surface area contributed by atoms with Gasteiger partial charge in [0.15, 0.2) is 0 Å². The number of carbonyl (C=O) groups excluding carboxylic acids is 1. The largest absolute Gasteiger partial charge is 0.508 e. The number of benzene rings is 1. The van der Waals surface area contributed by atoms with E-state index in [4.69, 9.17) is 14.2 Å². The molecule has 0 radical (unpaired) electrons. The number of nitrogens with one attached hydrogen (secondary N) is 1. The van der Waals surface area contributed by atoms with Crippen LogP contribution >= 0.6 is 0 Å². The van der Waals surface area contributed by atoms with Crippen LogP contribution in [0.2, 0.25) is 0 Å². The molecule has 26 heavy (non-hydrogen) atoms. The Bertz CT molecular complexity index is 861. The van der Waals surface area contributed by atoms with Gasteiger partial charge in [0.1, 0.15) is 25.0 Å². The molecule has 9 nitrogen and oxygen atoms in total. The summed E-state index contributed by atoms with van der Waals surface area (Å²) in [5, 5.41) is 9.43. The maximum absolute atomic E-state index is 11.9. The molecular formula is C17H18N2O7. The van der Waals surface area contributed by atoms with E-state index in [2.05, 4.69) is 4.98 Å². The van der Waals surface area contributed by atoms with Crippen molar-refractivity contribution in [3.63, 3.8) is 0 Å². The number of aliphatic hydroxyl groups excluding tert-OH is 1. The van der Waals surface area contributed by atoms with E-state index >= 15 is 0 Å². The smallest absolute Gasteiger partial charge is 0.429 e. The van der Waals surface area contributed by atoms with E-state index in [0.29, 0.717) is 0 Å². The Balaban J connectivity index is 1.61. The monoisotopic (exact) mass is 362 g/mol. The van der Waals surface area contributed by atoms with Crippen molar-refractivity contribution in [2.24, 2.45) is 0 Å². The van der Waals surface area contributed by atoms with Crippen LogP contribution in [-0.4, -0.2) is 39.6 Å². The Morgan fingerprint density at radius 1 is 1.27 bits per heavy atom. The first-order valence-electron chi connectivity index (χ1n) is 8.02. The molecule has 1 fully saturated rings. The van der Waals surface area contributed by atoms with E-state index in [0.717, 1.165) is 5.56 Å². The van der Waals surface area contributed by atoms with Crippen LogP contribution in [0.3, 0.4) is 0 Å². The molecule has 3 rings (SSSR count). The predicted molar refractivity (Wildman–Crippen MR) is 88.4 cm³/mol. The summed E-state index contributed by atoms with van der Waals surface area (Å²) in [4.78, 5) is 37.0. The number of ether oxygens (including phenoxy) is 3. The van der Waals surface area contributed by atoms with E-state index in [1.54, 1.807) is 12.1 Å². The van der Waals surface area contributed by atoms with E-state index in [-0.39, 0.29) is 13.0 Å². The fourth-order valence-electron chi connectivity index (χ4n) is 2.69. The van der Waals surface area contributed by atoms with Gasteiger partial charge in [0.05, 0.1) is 6.61 Å². The Morgan fingerprint density at radius 2 is 2.04 bits per heavy atom. The molecule has 0 spiro atoms. The number of aromatic amines is 1. The first-order chi connectivity index (χ1) is 12.6. The number of hydrogen-bond donors (Lipinski definition) is 2. The first-order valence-corrected chi connectivity index (χ1v) is 8.02. The fraction of sp³-hybridized carbons (Fsp3) is 0.353. The zero-order valence-electron chi connectivity index (χ0n) is 13.7. The Morgan fingerprint density at radius 3 is 2.73 bits per heavy atom. The van der Waals surface area contributed by atoms with Crippen molar-refractivity contribution in [1.29, 1.82) is 0 Å². The number of rotatable bonds is 5. The molecule has 1 aromatic carbocycles. The zero-order chi connectivity index (χ0) is 18.5. The summed E-state index contributed by atoms with van der Waals surface area (Å²) >= 11 is 0. The Kier molecular flexibility index (Phi) is 5.49. The van der Waals surface area contributed by atoms with Crippen LogP contribution in [-0.2, 0) is 20.8 Å². The molecular weight excluding hydrogens is 344 g/mol. The van der Waals surface area contributed by atoms with Crippen LogP contribution in [0.4, 0.5) is 4.79 Å². The van der Waals surface area contributed by atoms with Crippen molar-refractivity contribution in [3.05, 3.63) is 69.0 Å². The summed E-state index contributed by atoms with van der Waals surface area (Å²) in [6.45, 7) is -0.342. The molecule has 9 heteroatoms. The highest BCUT2D eigenvalue weighted by molar-refractivity contribution is 5.60. The molecule has 2 aromatic rings. The van der Waals surface area contributed by atoms with Gasteiger partial charge in [0, 0.05) is 18.7 Å². The van der Waals surface area contributed by atoms with Crippen LogP contribution in [0.25, 0.3) is 0 Å². The minimum Gasteiger partial charge on any atom is -0.429 e. The van der Waals surface area contributed by atoms with E-state index < -0.39 is 42.4 Å². The lowest BCUT2D eigenvalue weighted by molar-refractivity contribution is -0.0582. The molecule has 0 amide bonds. The van der Waals surface area contributed by atoms with Crippen LogP contribution < -0.4 is 11.2 Å². The first kappa shape index (κ1) is 17.9. The van der Waals surface area contributed by atoms with Gasteiger partial charge >= 0.3 is 11.8 Å². The highest BCUT2D eigenvalue weighted by atomic mass is 16.7. The van der Waals surface area contributed by atoms with Gasteiger partial charge in [-0.3, -0.25) is 14.3 Å². The third-order valence-electron chi connectivity index (χ3n) is 3.97. The summed E-state index contributed by atoms with van der Waals surface area (Å²) in [7, 11) is 0. The van der Waals surface area contributed by atoms with Gasteiger partial charge in [-0.15, -0.1) is 0 Å². The molecule has 0 unspecified atom stereocenters.